The summed E-state index contributed by atoms with van der Waals surface area (Å²) in [5.41, 5.74) is 9.19. The predicted octanol–water partition coefficient (Wildman–Crippen LogP) is 11.8. The Kier molecular flexibility index (Phi) is 6.14. The van der Waals surface area contributed by atoms with Gasteiger partial charge in [-0.05, 0) is 114 Å². The summed E-state index contributed by atoms with van der Waals surface area (Å²) in [6.45, 7) is 0. The minimum Gasteiger partial charge on any atom is -0.0619 e. The molecule has 0 amide bonds. The fourth-order valence-corrected chi connectivity index (χ4v) is 9.91. The quantitative estimate of drug-likeness (QED) is 0.185. The van der Waals surface area contributed by atoms with Crippen LogP contribution in [0.5, 0.6) is 0 Å². The number of benzene rings is 5. The molecule has 0 aliphatic heterocycles. The molecule has 2 fully saturated rings. The average Bonchev–Trinajstić information content (AvgIpc) is 3.33. The van der Waals surface area contributed by atoms with Gasteiger partial charge in [-0.1, -0.05) is 123 Å². The van der Waals surface area contributed by atoms with E-state index in [1.807, 2.05) is 0 Å². The summed E-state index contributed by atoms with van der Waals surface area (Å²) in [5.74, 6) is 1.47. The zero-order valence-electron chi connectivity index (χ0n) is 23.3. The molecule has 3 aliphatic carbocycles. The van der Waals surface area contributed by atoms with Crippen LogP contribution in [0.3, 0.4) is 0 Å². The number of hydrogen-bond acceptors (Lipinski definition) is 0. The highest BCUT2D eigenvalue weighted by atomic mass is 79.9. The van der Waals surface area contributed by atoms with Gasteiger partial charge >= 0.3 is 0 Å². The maximum atomic E-state index is 3.98. The van der Waals surface area contributed by atoms with Crippen LogP contribution >= 0.6 is 15.9 Å². The van der Waals surface area contributed by atoms with E-state index in [1.165, 1.54) is 112 Å². The topological polar surface area (TPSA) is 0 Å². The van der Waals surface area contributed by atoms with Gasteiger partial charge in [0.25, 0.3) is 0 Å². The first-order valence-corrected chi connectivity index (χ1v) is 16.4. The normalized spacial score (nSPS) is 19.1. The molecule has 0 bridgehead atoms. The molecular weight excluding hydrogens is 548 g/mol. The van der Waals surface area contributed by atoms with Gasteiger partial charge in [0.15, 0.2) is 0 Å². The third-order valence-electron chi connectivity index (χ3n) is 10.8. The Hall–Kier alpha value is -2.90. The van der Waals surface area contributed by atoms with Crippen molar-refractivity contribution in [3.63, 3.8) is 0 Å². The lowest BCUT2D eigenvalue weighted by Crippen LogP contribution is -2.44. The van der Waals surface area contributed by atoms with Crippen LogP contribution in [-0.2, 0) is 5.41 Å². The van der Waals surface area contributed by atoms with Gasteiger partial charge in [0.05, 0.1) is 0 Å². The standard InChI is InChI=1S/C39H37Br/c40-38-33-20-9-7-18-31(33)37(32-19-8-10-21-34(32)38)26-23-24-30-29-17-11-12-22-35(29)39(36(30)25-26,27-13-3-1-4-14-27)28-15-5-2-6-16-28/h7-12,17-25,27-28H,1-6,13-16H2. The number of fused-ring (bicyclic) bond motifs is 5. The number of hydrogen-bond donors (Lipinski definition) is 0. The van der Waals surface area contributed by atoms with Crippen molar-refractivity contribution in [1.82, 2.24) is 0 Å². The highest BCUT2D eigenvalue weighted by Gasteiger charge is 2.53. The zero-order chi connectivity index (χ0) is 26.7. The van der Waals surface area contributed by atoms with Crippen molar-refractivity contribution in [2.24, 2.45) is 11.8 Å². The molecule has 0 atom stereocenters. The lowest BCUT2D eigenvalue weighted by Gasteiger charge is -2.49. The van der Waals surface area contributed by atoms with Crippen LogP contribution in [0, 0.1) is 11.8 Å². The maximum absolute atomic E-state index is 3.98. The SMILES string of the molecule is Brc1c2ccccc2c(-c2ccc3c(c2)C(C2CCCCC2)(C2CCCCC2)c2ccccc2-3)c2ccccc12. The van der Waals surface area contributed by atoms with Gasteiger partial charge in [-0.3, -0.25) is 0 Å². The molecular formula is C39H37Br. The van der Waals surface area contributed by atoms with Crippen LogP contribution in [0.25, 0.3) is 43.8 Å². The van der Waals surface area contributed by atoms with Crippen LogP contribution in [0.4, 0.5) is 0 Å². The summed E-state index contributed by atoms with van der Waals surface area (Å²) in [6, 6.07) is 35.0. The van der Waals surface area contributed by atoms with Crippen LogP contribution in [0.15, 0.2) is 95.5 Å². The van der Waals surface area contributed by atoms with Gasteiger partial charge in [0.2, 0.25) is 0 Å². The number of rotatable bonds is 3. The van der Waals surface area contributed by atoms with Crippen molar-refractivity contribution in [3.05, 3.63) is 107 Å². The Morgan fingerprint density at radius 2 is 1.00 bits per heavy atom. The second-order valence-electron chi connectivity index (χ2n) is 12.6. The molecule has 0 nitrogen and oxygen atoms in total. The van der Waals surface area contributed by atoms with Crippen molar-refractivity contribution in [2.45, 2.75) is 69.6 Å². The van der Waals surface area contributed by atoms with E-state index < -0.39 is 0 Å². The fraction of sp³-hybridized carbons (Fsp3) is 0.333. The first kappa shape index (κ1) is 24.9. The van der Waals surface area contributed by atoms with Crippen molar-refractivity contribution < 1.29 is 0 Å². The lowest BCUT2D eigenvalue weighted by atomic mass is 9.54. The van der Waals surface area contributed by atoms with Crippen LogP contribution in [0.1, 0.15) is 75.3 Å². The highest BCUT2D eigenvalue weighted by molar-refractivity contribution is 9.10. The Bertz CT molecular complexity index is 1660. The highest BCUT2D eigenvalue weighted by Crippen LogP contribution is 2.62. The van der Waals surface area contributed by atoms with E-state index in [-0.39, 0.29) is 5.41 Å². The van der Waals surface area contributed by atoms with Crippen molar-refractivity contribution in [2.75, 3.05) is 0 Å². The van der Waals surface area contributed by atoms with Gasteiger partial charge in [0, 0.05) is 9.89 Å². The van der Waals surface area contributed by atoms with E-state index >= 15 is 0 Å². The van der Waals surface area contributed by atoms with E-state index in [2.05, 4.69) is 107 Å². The molecule has 5 aromatic rings. The van der Waals surface area contributed by atoms with Crippen LogP contribution in [-0.4, -0.2) is 0 Å². The molecule has 3 aliphatic rings. The second-order valence-corrected chi connectivity index (χ2v) is 13.4. The average molecular weight is 586 g/mol. The molecule has 1 heteroatoms. The Labute approximate surface area is 247 Å². The molecule has 2 saturated carbocycles. The summed E-state index contributed by atoms with van der Waals surface area (Å²) in [4.78, 5) is 0. The second kappa shape index (κ2) is 9.88. The van der Waals surface area contributed by atoms with E-state index in [1.54, 1.807) is 11.1 Å². The molecule has 0 unspecified atom stereocenters. The van der Waals surface area contributed by atoms with E-state index in [0.717, 1.165) is 11.8 Å². The fourth-order valence-electron chi connectivity index (χ4n) is 9.22. The van der Waals surface area contributed by atoms with Crippen molar-refractivity contribution >= 4 is 37.5 Å². The summed E-state index contributed by atoms with van der Waals surface area (Å²) >= 11 is 3.98. The van der Waals surface area contributed by atoms with Gasteiger partial charge in [-0.15, -0.1) is 0 Å². The maximum Gasteiger partial charge on any atom is 0.0332 e. The summed E-state index contributed by atoms with van der Waals surface area (Å²) < 4.78 is 1.20. The van der Waals surface area contributed by atoms with E-state index in [0.29, 0.717) is 0 Å². The molecule has 0 heterocycles. The van der Waals surface area contributed by atoms with Crippen molar-refractivity contribution in [3.8, 4) is 22.3 Å². The first-order chi connectivity index (χ1) is 19.8. The summed E-state index contributed by atoms with van der Waals surface area (Å²) in [6.07, 6.45) is 13.9. The van der Waals surface area contributed by atoms with Gasteiger partial charge in [-0.2, -0.15) is 0 Å². The van der Waals surface area contributed by atoms with Crippen molar-refractivity contribution in [1.29, 1.82) is 0 Å². The Balaban J connectivity index is 1.44. The minimum absolute atomic E-state index is 0.143. The van der Waals surface area contributed by atoms with Crippen LogP contribution < -0.4 is 0 Å². The molecule has 0 radical (unpaired) electrons. The van der Waals surface area contributed by atoms with Gasteiger partial charge in [-0.25, -0.2) is 0 Å². The first-order valence-electron chi connectivity index (χ1n) is 15.6. The molecule has 5 aromatic carbocycles. The molecule has 8 rings (SSSR count). The summed E-state index contributed by atoms with van der Waals surface area (Å²) in [5, 5.41) is 5.27. The monoisotopic (exact) mass is 584 g/mol. The zero-order valence-corrected chi connectivity index (χ0v) is 24.8. The van der Waals surface area contributed by atoms with Gasteiger partial charge < -0.3 is 0 Å². The minimum atomic E-state index is 0.143. The molecule has 0 saturated heterocycles. The molecule has 0 N–H and O–H groups in total. The molecule has 0 aromatic heterocycles. The largest absolute Gasteiger partial charge is 0.0619 e. The molecule has 40 heavy (non-hydrogen) atoms. The molecule has 0 spiro atoms. The number of halogens is 1. The summed E-state index contributed by atoms with van der Waals surface area (Å²) in [7, 11) is 0. The Morgan fingerprint density at radius 1 is 0.500 bits per heavy atom. The van der Waals surface area contributed by atoms with Gasteiger partial charge in [0.1, 0.15) is 0 Å². The smallest absolute Gasteiger partial charge is 0.0332 e. The lowest BCUT2D eigenvalue weighted by molar-refractivity contribution is 0.137. The van der Waals surface area contributed by atoms with E-state index in [4.69, 9.17) is 0 Å². The predicted molar refractivity (Wildman–Crippen MR) is 174 cm³/mol. The van der Waals surface area contributed by atoms with Crippen LogP contribution in [0.2, 0.25) is 0 Å². The third kappa shape index (κ3) is 3.56. The third-order valence-corrected chi connectivity index (χ3v) is 11.6. The molecule has 200 valence electrons. The Morgan fingerprint density at radius 3 is 1.60 bits per heavy atom. The van der Waals surface area contributed by atoms with E-state index in [9.17, 15) is 0 Å².